The summed E-state index contributed by atoms with van der Waals surface area (Å²) in [7, 11) is 0. The van der Waals surface area contributed by atoms with Crippen LogP contribution in [-0.4, -0.2) is 39.5 Å². The van der Waals surface area contributed by atoms with E-state index in [1.54, 1.807) is 16.5 Å². The number of carbonyl (C=O) groups excluding carboxylic acids is 1. The fraction of sp³-hybridized carbons (Fsp3) is 0.400. The Bertz CT molecular complexity index is 697. The number of aromatic nitrogens is 1. The van der Waals surface area contributed by atoms with E-state index in [1.807, 2.05) is 19.1 Å². The van der Waals surface area contributed by atoms with Crippen LogP contribution in [-0.2, 0) is 4.79 Å². The first-order valence-corrected chi connectivity index (χ1v) is 7.81. The van der Waals surface area contributed by atoms with E-state index in [-0.39, 0.29) is 18.5 Å². The number of amides is 1. The number of likely N-dealkylation sites (tertiary alicyclic amines) is 1. The molecule has 1 aliphatic rings. The second-order valence-electron chi connectivity index (χ2n) is 5.45. The van der Waals surface area contributed by atoms with Gasteiger partial charge in [-0.05, 0) is 38.0 Å². The summed E-state index contributed by atoms with van der Waals surface area (Å²) in [5.41, 5.74) is 3.24. The Morgan fingerprint density at radius 3 is 2.95 bits per heavy atom. The van der Waals surface area contributed by atoms with Crippen LogP contribution in [0, 0.1) is 5.92 Å². The van der Waals surface area contributed by atoms with Crippen LogP contribution >= 0.6 is 11.3 Å². The maximum atomic E-state index is 12.7. The van der Waals surface area contributed by atoms with Gasteiger partial charge in [-0.3, -0.25) is 9.59 Å². The maximum Gasteiger partial charge on any atom is 0.308 e. The molecule has 1 aromatic heterocycles. The monoisotopic (exact) mass is 304 g/mol. The fourth-order valence-corrected chi connectivity index (χ4v) is 3.46. The van der Waals surface area contributed by atoms with E-state index < -0.39 is 11.9 Å². The van der Waals surface area contributed by atoms with Crippen LogP contribution in [0.15, 0.2) is 23.7 Å². The highest BCUT2D eigenvalue weighted by molar-refractivity contribution is 7.16. The van der Waals surface area contributed by atoms with Gasteiger partial charge >= 0.3 is 5.97 Å². The Labute approximate surface area is 126 Å². The second kappa shape index (κ2) is 5.44. The van der Waals surface area contributed by atoms with Gasteiger partial charge in [0, 0.05) is 18.2 Å². The average molecular weight is 304 g/mol. The molecule has 2 atom stereocenters. The zero-order valence-electron chi connectivity index (χ0n) is 11.7. The molecule has 2 unspecified atom stereocenters. The molecule has 1 fully saturated rings. The number of fused-ring (bicyclic) bond motifs is 1. The third kappa shape index (κ3) is 2.63. The molecule has 21 heavy (non-hydrogen) atoms. The average Bonchev–Trinajstić information content (AvgIpc) is 2.94. The maximum absolute atomic E-state index is 12.7. The summed E-state index contributed by atoms with van der Waals surface area (Å²) < 4.78 is 0.972. The van der Waals surface area contributed by atoms with Crippen molar-refractivity contribution in [1.82, 2.24) is 9.88 Å². The molecule has 1 aliphatic heterocycles. The quantitative estimate of drug-likeness (QED) is 0.926. The molecule has 0 aliphatic carbocycles. The van der Waals surface area contributed by atoms with Crippen molar-refractivity contribution < 1.29 is 14.7 Å². The summed E-state index contributed by atoms with van der Waals surface area (Å²) in [5, 5.41) is 9.16. The lowest BCUT2D eigenvalue weighted by Crippen LogP contribution is -2.47. The first kappa shape index (κ1) is 14.0. The van der Waals surface area contributed by atoms with E-state index in [9.17, 15) is 9.59 Å². The van der Waals surface area contributed by atoms with Crippen molar-refractivity contribution in [3.8, 4) is 0 Å². The Balaban J connectivity index is 1.86. The van der Waals surface area contributed by atoms with Crippen molar-refractivity contribution >= 4 is 33.4 Å². The largest absolute Gasteiger partial charge is 0.481 e. The molecule has 110 valence electrons. The van der Waals surface area contributed by atoms with Crippen LogP contribution in [0.4, 0.5) is 0 Å². The van der Waals surface area contributed by atoms with E-state index >= 15 is 0 Å². The SMILES string of the molecule is CC1CCC(C(=O)O)CN1C(=O)c1ccc2ncsc2c1. The molecule has 3 rings (SSSR count). The first-order chi connectivity index (χ1) is 10.1. The lowest BCUT2D eigenvalue weighted by Gasteiger charge is -2.36. The van der Waals surface area contributed by atoms with Crippen molar-refractivity contribution in [3.05, 3.63) is 29.3 Å². The van der Waals surface area contributed by atoms with Crippen LogP contribution in [0.1, 0.15) is 30.1 Å². The van der Waals surface area contributed by atoms with Crippen molar-refractivity contribution in [1.29, 1.82) is 0 Å². The first-order valence-electron chi connectivity index (χ1n) is 6.93. The smallest absolute Gasteiger partial charge is 0.308 e. The molecule has 1 saturated heterocycles. The minimum atomic E-state index is -0.822. The molecule has 6 heteroatoms. The van der Waals surface area contributed by atoms with E-state index in [0.29, 0.717) is 12.0 Å². The van der Waals surface area contributed by atoms with Gasteiger partial charge in [0.25, 0.3) is 5.91 Å². The minimum absolute atomic E-state index is 0.0743. The number of nitrogens with zero attached hydrogens (tertiary/aromatic N) is 2. The van der Waals surface area contributed by atoms with Crippen molar-refractivity contribution in [2.45, 2.75) is 25.8 Å². The molecule has 0 spiro atoms. The van der Waals surface area contributed by atoms with Gasteiger partial charge in [0.2, 0.25) is 0 Å². The fourth-order valence-electron chi connectivity index (χ4n) is 2.75. The van der Waals surface area contributed by atoms with Crippen LogP contribution in [0.25, 0.3) is 10.2 Å². The van der Waals surface area contributed by atoms with Crippen LogP contribution < -0.4 is 0 Å². The van der Waals surface area contributed by atoms with E-state index in [1.165, 1.54) is 11.3 Å². The highest BCUT2D eigenvalue weighted by Crippen LogP contribution is 2.25. The molecule has 0 bridgehead atoms. The summed E-state index contributed by atoms with van der Waals surface area (Å²) in [5.74, 6) is -1.38. The molecular formula is C15H16N2O3S. The number of carbonyl (C=O) groups is 2. The topological polar surface area (TPSA) is 70.5 Å². The van der Waals surface area contributed by atoms with Crippen molar-refractivity contribution in [2.24, 2.45) is 5.92 Å². The number of carboxylic acid groups (broad SMARTS) is 1. The van der Waals surface area contributed by atoms with Gasteiger partial charge in [0.05, 0.1) is 21.6 Å². The van der Waals surface area contributed by atoms with Gasteiger partial charge in [-0.15, -0.1) is 11.3 Å². The predicted molar refractivity (Wildman–Crippen MR) is 80.5 cm³/mol. The molecule has 2 aromatic rings. The lowest BCUT2D eigenvalue weighted by molar-refractivity contribution is -0.143. The van der Waals surface area contributed by atoms with E-state index in [4.69, 9.17) is 5.11 Å². The minimum Gasteiger partial charge on any atom is -0.481 e. The molecule has 0 radical (unpaired) electrons. The number of aliphatic carboxylic acids is 1. The summed E-state index contributed by atoms with van der Waals surface area (Å²) in [6, 6.07) is 5.52. The van der Waals surface area contributed by atoms with Crippen LogP contribution in [0.3, 0.4) is 0 Å². The molecule has 0 saturated carbocycles. The van der Waals surface area contributed by atoms with Gasteiger partial charge in [0.15, 0.2) is 0 Å². The molecule has 1 amide bonds. The number of thiazole rings is 1. The summed E-state index contributed by atoms with van der Waals surface area (Å²) >= 11 is 1.50. The Morgan fingerprint density at radius 2 is 2.19 bits per heavy atom. The zero-order valence-corrected chi connectivity index (χ0v) is 12.5. The molecule has 2 heterocycles. The number of hydrogen-bond donors (Lipinski definition) is 1. The third-order valence-electron chi connectivity index (χ3n) is 4.07. The van der Waals surface area contributed by atoms with Gasteiger partial charge < -0.3 is 10.0 Å². The van der Waals surface area contributed by atoms with Gasteiger partial charge in [-0.1, -0.05) is 0 Å². The summed E-state index contributed by atoms with van der Waals surface area (Å²) in [6.07, 6.45) is 1.36. The van der Waals surface area contributed by atoms with Crippen LogP contribution in [0.5, 0.6) is 0 Å². The molecule has 5 nitrogen and oxygen atoms in total. The predicted octanol–water partition coefficient (Wildman–Crippen LogP) is 2.62. The third-order valence-corrected chi connectivity index (χ3v) is 4.86. The van der Waals surface area contributed by atoms with Crippen molar-refractivity contribution in [2.75, 3.05) is 6.54 Å². The second-order valence-corrected chi connectivity index (χ2v) is 6.34. The van der Waals surface area contributed by atoms with E-state index in [2.05, 4.69) is 4.98 Å². The summed E-state index contributed by atoms with van der Waals surface area (Å²) in [4.78, 5) is 29.7. The standard InChI is InChI=1S/C15H16N2O3S/c1-9-2-3-11(15(19)20)7-17(9)14(18)10-4-5-12-13(6-10)21-8-16-12/h4-6,8-9,11H,2-3,7H2,1H3,(H,19,20). The van der Waals surface area contributed by atoms with Crippen molar-refractivity contribution in [3.63, 3.8) is 0 Å². The molecule has 1 aromatic carbocycles. The van der Waals surface area contributed by atoms with Gasteiger partial charge in [0.1, 0.15) is 0 Å². The van der Waals surface area contributed by atoms with Crippen LogP contribution in [0.2, 0.25) is 0 Å². The highest BCUT2D eigenvalue weighted by atomic mass is 32.1. The normalized spacial score (nSPS) is 22.4. The lowest BCUT2D eigenvalue weighted by atomic mass is 9.93. The Kier molecular flexibility index (Phi) is 3.63. The Hall–Kier alpha value is -1.95. The number of rotatable bonds is 2. The van der Waals surface area contributed by atoms with E-state index in [0.717, 1.165) is 16.6 Å². The number of piperidine rings is 1. The number of hydrogen-bond acceptors (Lipinski definition) is 4. The van der Waals surface area contributed by atoms with Gasteiger partial charge in [-0.25, -0.2) is 4.98 Å². The molecular weight excluding hydrogens is 288 g/mol. The van der Waals surface area contributed by atoms with Gasteiger partial charge in [-0.2, -0.15) is 0 Å². The number of carboxylic acids is 1. The zero-order chi connectivity index (χ0) is 15.0. The number of benzene rings is 1. The summed E-state index contributed by atoms with van der Waals surface area (Å²) in [6.45, 7) is 2.26. The highest BCUT2D eigenvalue weighted by Gasteiger charge is 2.33. The Morgan fingerprint density at radius 1 is 1.38 bits per heavy atom. The molecule has 1 N–H and O–H groups in total.